The summed E-state index contributed by atoms with van der Waals surface area (Å²) in [4.78, 5) is 39.2. The third kappa shape index (κ3) is 5.83. The zero-order chi connectivity index (χ0) is 26.5. The number of carbonyl (C=O) groups is 2. The Morgan fingerprint density at radius 1 is 1.08 bits per heavy atom. The topological polar surface area (TPSA) is 95.7 Å². The molecule has 0 aromatic heterocycles. The molecule has 2 aliphatic rings. The zero-order valence-corrected chi connectivity index (χ0v) is 21.3. The number of nitro groups is 1. The number of allylic oxidation sites excluding steroid dienone is 4. The van der Waals surface area contributed by atoms with Crippen LogP contribution in [-0.4, -0.2) is 36.8 Å². The first-order chi connectivity index (χ1) is 17.8. The van der Waals surface area contributed by atoms with Crippen LogP contribution in [0, 0.1) is 27.9 Å². The van der Waals surface area contributed by atoms with Gasteiger partial charge in [0, 0.05) is 22.3 Å². The Morgan fingerprint density at radius 2 is 1.78 bits per heavy atom. The van der Waals surface area contributed by atoms with Crippen molar-refractivity contribution >= 4 is 29.2 Å². The Morgan fingerprint density at radius 3 is 2.35 bits per heavy atom. The molecule has 2 aliphatic carbocycles. The second kappa shape index (κ2) is 11.6. The molecule has 1 fully saturated rings. The van der Waals surface area contributed by atoms with Crippen LogP contribution in [-0.2, 0) is 14.3 Å². The van der Waals surface area contributed by atoms with Crippen molar-refractivity contribution in [1.29, 1.82) is 0 Å². The minimum absolute atomic E-state index is 0.0479. The highest BCUT2D eigenvalue weighted by Crippen LogP contribution is 2.46. The Labute approximate surface area is 220 Å². The maximum atomic E-state index is 13.5. The van der Waals surface area contributed by atoms with Gasteiger partial charge in [0.05, 0.1) is 26.1 Å². The molecule has 192 valence electrons. The fourth-order valence-electron chi connectivity index (χ4n) is 5.33. The van der Waals surface area contributed by atoms with Gasteiger partial charge in [-0.3, -0.25) is 19.7 Å². The summed E-state index contributed by atoms with van der Waals surface area (Å²) in [6.07, 6.45) is 8.96. The average molecular weight is 522 g/mol. The Hall–Kier alpha value is -3.71. The molecule has 3 unspecified atom stereocenters. The van der Waals surface area contributed by atoms with Crippen LogP contribution in [0.3, 0.4) is 0 Å². The molecule has 0 N–H and O–H groups in total. The lowest BCUT2D eigenvalue weighted by Crippen LogP contribution is -2.51. The number of carbonyl (C=O) groups excluding carboxylic acids is 2. The van der Waals surface area contributed by atoms with E-state index in [9.17, 15) is 19.7 Å². The maximum Gasteiger partial charge on any atom is 0.224 e. The molecule has 0 saturated heterocycles. The molecule has 7 nitrogen and oxygen atoms in total. The van der Waals surface area contributed by atoms with Gasteiger partial charge < -0.3 is 9.47 Å². The van der Waals surface area contributed by atoms with E-state index in [1.165, 1.54) is 6.08 Å². The average Bonchev–Trinajstić information content (AvgIpc) is 2.91. The molecule has 0 radical (unpaired) electrons. The van der Waals surface area contributed by atoms with E-state index in [4.69, 9.17) is 21.1 Å². The van der Waals surface area contributed by atoms with E-state index in [1.54, 1.807) is 74.9 Å². The molecule has 37 heavy (non-hydrogen) atoms. The normalized spacial score (nSPS) is 25.5. The van der Waals surface area contributed by atoms with E-state index < -0.39 is 29.6 Å². The molecule has 1 saturated carbocycles. The number of halogens is 1. The summed E-state index contributed by atoms with van der Waals surface area (Å²) in [5.74, 6) is -2.26. The van der Waals surface area contributed by atoms with Gasteiger partial charge in [0.1, 0.15) is 17.3 Å². The maximum absolute atomic E-state index is 13.5. The van der Waals surface area contributed by atoms with E-state index in [0.29, 0.717) is 28.5 Å². The van der Waals surface area contributed by atoms with Crippen molar-refractivity contribution in [2.75, 3.05) is 14.2 Å². The van der Waals surface area contributed by atoms with Gasteiger partial charge in [-0.25, -0.2) is 0 Å². The van der Waals surface area contributed by atoms with Crippen LogP contribution in [0.2, 0.25) is 5.02 Å². The lowest BCUT2D eigenvalue weighted by molar-refractivity contribution is -0.540. The number of ether oxygens (including phenoxy) is 2. The second-order valence-electron chi connectivity index (χ2n) is 9.24. The zero-order valence-electron chi connectivity index (χ0n) is 20.6. The summed E-state index contributed by atoms with van der Waals surface area (Å²) in [5, 5.41) is 13.0. The van der Waals surface area contributed by atoms with E-state index in [0.717, 1.165) is 5.56 Å². The Balaban J connectivity index is 1.70. The van der Waals surface area contributed by atoms with Crippen LogP contribution >= 0.6 is 11.6 Å². The molecule has 0 aliphatic heterocycles. The lowest BCUT2D eigenvalue weighted by Gasteiger charge is -2.39. The first-order valence-electron chi connectivity index (χ1n) is 12.0. The number of ketones is 2. The predicted molar refractivity (Wildman–Crippen MR) is 141 cm³/mol. The van der Waals surface area contributed by atoms with Crippen LogP contribution in [0.5, 0.6) is 5.75 Å². The summed E-state index contributed by atoms with van der Waals surface area (Å²) in [5.41, 5.74) is 1.30. The van der Waals surface area contributed by atoms with Crippen molar-refractivity contribution in [3.63, 3.8) is 0 Å². The summed E-state index contributed by atoms with van der Waals surface area (Å²) in [6, 6.07) is 12.6. The number of Topliss-reactive ketones (excluding diaryl/α,β-unsaturated/α-hetero) is 1. The van der Waals surface area contributed by atoms with Crippen LogP contribution < -0.4 is 4.74 Å². The molecular formula is C29H28ClNO6. The monoisotopic (exact) mass is 521 g/mol. The Bertz CT molecular complexity index is 1250. The van der Waals surface area contributed by atoms with Gasteiger partial charge in [0.15, 0.2) is 5.78 Å². The highest BCUT2D eigenvalue weighted by molar-refractivity contribution is 6.30. The summed E-state index contributed by atoms with van der Waals surface area (Å²) in [7, 11) is 3.13. The minimum atomic E-state index is -1.17. The van der Waals surface area contributed by atoms with Crippen molar-refractivity contribution < 1.29 is 24.0 Å². The summed E-state index contributed by atoms with van der Waals surface area (Å²) in [6.45, 7) is 0. The highest BCUT2D eigenvalue weighted by atomic mass is 35.5. The molecule has 2 aromatic rings. The second-order valence-corrected chi connectivity index (χ2v) is 9.68. The van der Waals surface area contributed by atoms with Crippen LogP contribution in [0.15, 0.2) is 78.6 Å². The van der Waals surface area contributed by atoms with E-state index in [2.05, 4.69) is 0 Å². The van der Waals surface area contributed by atoms with Crippen molar-refractivity contribution in [2.45, 2.75) is 24.8 Å². The predicted octanol–water partition coefficient (Wildman–Crippen LogP) is 5.67. The summed E-state index contributed by atoms with van der Waals surface area (Å²) < 4.78 is 10.4. The highest BCUT2D eigenvalue weighted by Gasteiger charge is 2.55. The Kier molecular flexibility index (Phi) is 8.24. The van der Waals surface area contributed by atoms with Crippen LogP contribution in [0.1, 0.15) is 29.9 Å². The largest absolute Gasteiger partial charge is 0.497 e. The van der Waals surface area contributed by atoms with Gasteiger partial charge in [-0.1, -0.05) is 48.0 Å². The van der Waals surface area contributed by atoms with Gasteiger partial charge in [0.2, 0.25) is 6.04 Å². The number of methoxy groups -OCH3 is 2. The molecule has 8 heteroatoms. The fourth-order valence-corrected chi connectivity index (χ4v) is 5.46. The quantitative estimate of drug-likeness (QED) is 0.192. The molecule has 0 heterocycles. The molecule has 0 amide bonds. The van der Waals surface area contributed by atoms with Crippen molar-refractivity contribution in [3.8, 4) is 5.75 Å². The van der Waals surface area contributed by atoms with Gasteiger partial charge in [-0.2, -0.15) is 0 Å². The molecule has 5 atom stereocenters. The van der Waals surface area contributed by atoms with Gasteiger partial charge in [-0.15, -0.1) is 0 Å². The standard InChI is InChI=1S/C29H28ClNO6/c1-36-22-12-3-18(4-13-22)5-16-25(32)28-26(33)17-24(19-8-14-23(37-2)15-9-19)29(31(34)35)27(28)20-6-10-21(30)11-7-20/h3-8,10-16,19,24,27-29H,9,17H2,1-2H3/b16-5+/t19?,24-,27?,28?,29+/m1/s1. The van der Waals surface area contributed by atoms with E-state index in [1.807, 2.05) is 12.2 Å². The first-order valence-corrected chi connectivity index (χ1v) is 12.4. The SMILES string of the molecule is COC1=CCC([C@H]2CC(=O)C(C(=O)/C=C/c3ccc(OC)cc3)C(c3ccc(Cl)cc3)[C@H]2[N+](=O)[O-])C=C1. The molecular weight excluding hydrogens is 494 g/mol. The smallest absolute Gasteiger partial charge is 0.224 e. The molecule has 2 aromatic carbocycles. The third-order valence-electron chi connectivity index (χ3n) is 7.19. The molecule has 0 bridgehead atoms. The van der Waals surface area contributed by atoms with E-state index in [-0.39, 0.29) is 23.0 Å². The number of benzene rings is 2. The van der Waals surface area contributed by atoms with Crippen LogP contribution in [0.25, 0.3) is 6.08 Å². The van der Waals surface area contributed by atoms with Gasteiger partial charge in [-0.05, 0) is 66.0 Å². The number of hydrogen-bond donors (Lipinski definition) is 0. The lowest BCUT2D eigenvalue weighted by atomic mass is 9.62. The minimum Gasteiger partial charge on any atom is -0.497 e. The van der Waals surface area contributed by atoms with Gasteiger partial charge in [0.25, 0.3) is 0 Å². The molecule has 4 rings (SSSR count). The third-order valence-corrected chi connectivity index (χ3v) is 7.45. The van der Waals surface area contributed by atoms with Crippen molar-refractivity contribution in [3.05, 3.63) is 105 Å². The van der Waals surface area contributed by atoms with Crippen molar-refractivity contribution in [2.24, 2.45) is 17.8 Å². The molecule has 0 spiro atoms. The van der Waals surface area contributed by atoms with Crippen LogP contribution in [0.4, 0.5) is 0 Å². The van der Waals surface area contributed by atoms with Crippen molar-refractivity contribution in [1.82, 2.24) is 0 Å². The number of rotatable bonds is 8. The number of hydrogen-bond acceptors (Lipinski definition) is 6. The van der Waals surface area contributed by atoms with E-state index >= 15 is 0 Å². The van der Waals surface area contributed by atoms with Gasteiger partial charge >= 0.3 is 0 Å². The fraction of sp³-hybridized carbons (Fsp3) is 0.310. The number of nitrogens with zero attached hydrogens (tertiary/aromatic N) is 1. The first kappa shape index (κ1) is 26.4. The summed E-state index contributed by atoms with van der Waals surface area (Å²) >= 11 is 6.08.